The quantitative estimate of drug-likeness (QED) is 0.895. The zero-order valence-corrected chi connectivity index (χ0v) is 13.6. The molecule has 1 aliphatic carbocycles. The van der Waals surface area contributed by atoms with E-state index in [1.54, 1.807) is 7.11 Å². The van der Waals surface area contributed by atoms with E-state index in [1.807, 2.05) is 24.3 Å². The van der Waals surface area contributed by atoms with Gasteiger partial charge >= 0.3 is 0 Å². The molecule has 1 aromatic carbocycles. The van der Waals surface area contributed by atoms with Gasteiger partial charge in [0, 0.05) is 17.7 Å². The fourth-order valence-electron chi connectivity index (χ4n) is 3.44. The lowest BCUT2D eigenvalue weighted by Crippen LogP contribution is -2.36. The van der Waals surface area contributed by atoms with E-state index in [9.17, 15) is 4.79 Å². The molecule has 1 amide bonds. The minimum atomic E-state index is 0.125. The van der Waals surface area contributed by atoms with Crippen molar-refractivity contribution in [1.29, 1.82) is 0 Å². The molecule has 1 fully saturated rings. The Labute approximate surface area is 128 Å². The van der Waals surface area contributed by atoms with Crippen LogP contribution in [0, 0.1) is 23.7 Å². The smallest absolute Gasteiger partial charge is 0.227 e. The maximum Gasteiger partial charge on any atom is 0.227 e. The largest absolute Gasteiger partial charge is 0.497 e. The summed E-state index contributed by atoms with van der Waals surface area (Å²) >= 11 is 0. The fourth-order valence-corrected chi connectivity index (χ4v) is 3.44. The second-order valence-electron chi connectivity index (χ2n) is 6.65. The number of rotatable bonds is 4. The third-order valence-electron chi connectivity index (χ3n) is 4.70. The van der Waals surface area contributed by atoms with Crippen LogP contribution in [0.15, 0.2) is 24.3 Å². The molecule has 0 spiro atoms. The van der Waals surface area contributed by atoms with Gasteiger partial charge in [0.25, 0.3) is 0 Å². The number of methoxy groups -OCH3 is 1. The van der Waals surface area contributed by atoms with Crippen LogP contribution < -0.4 is 10.1 Å². The molecule has 3 nitrogen and oxygen atoms in total. The molecule has 3 atom stereocenters. The van der Waals surface area contributed by atoms with Crippen molar-refractivity contribution in [2.75, 3.05) is 12.4 Å². The monoisotopic (exact) mass is 289 g/mol. The van der Waals surface area contributed by atoms with Crippen molar-refractivity contribution in [2.45, 2.75) is 40.0 Å². The van der Waals surface area contributed by atoms with E-state index < -0.39 is 0 Å². The Morgan fingerprint density at radius 1 is 1.33 bits per heavy atom. The summed E-state index contributed by atoms with van der Waals surface area (Å²) in [6.07, 6.45) is 3.40. The van der Waals surface area contributed by atoms with Gasteiger partial charge in [0.05, 0.1) is 7.11 Å². The molecule has 0 bridgehead atoms. The van der Waals surface area contributed by atoms with Crippen molar-refractivity contribution in [3.05, 3.63) is 24.3 Å². The molecule has 1 N–H and O–H groups in total. The first-order chi connectivity index (χ1) is 10.0. The Kier molecular flexibility index (Phi) is 5.27. The molecular weight excluding hydrogens is 262 g/mol. The van der Waals surface area contributed by atoms with Gasteiger partial charge in [0.2, 0.25) is 5.91 Å². The van der Waals surface area contributed by atoms with Gasteiger partial charge in [0.1, 0.15) is 5.75 Å². The van der Waals surface area contributed by atoms with Gasteiger partial charge in [-0.15, -0.1) is 0 Å². The van der Waals surface area contributed by atoms with Gasteiger partial charge in [-0.05, 0) is 42.7 Å². The van der Waals surface area contributed by atoms with Crippen LogP contribution >= 0.6 is 0 Å². The van der Waals surface area contributed by atoms with Crippen LogP contribution in [-0.4, -0.2) is 13.0 Å². The molecule has 3 heteroatoms. The number of ether oxygens (including phenoxy) is 1. The standard InChI is InChI=1S/C18H27NO2/c1-12(2)16-9-8-13(3)10-17(16)18(20)19-14-6-5-7-15(11-14)21-4/h5-7,11-13,16-17H,8-10H2,1-4H3,(H,19,20)/t13-,16+,17-/m1/s1. The maximum atomic E-state index is 12.7. The van der Waals surface area contributed by atoms with Crippen LogP contribution in [0.1, 0.15) is 40.0 Å². The van der Waals surface area contributed by atoms with Gasteiger partial charge in [-0.3, -0.25) is 4.79 Å². The lowest BCUT2D eigenvalue weighted by Gasteiger charge is -2.36. The van der Waals surface area contributed by atoms with Crippen LogP contribution in [-0.2, 0) is 4.79 Å². The summed E-state index contributed by atoms with van der Waals surface area (Å²) in [5.74, 6) is 2.74. The Morgan fingerprint density at radius 2 is 2.10 bits per heavy atom. The van der Waals surface area contributed by atoms with Crippen molar-refractivity contribution < 1.29 is 9.53 Å². The zero-order valence-electron chi connectivity index (χ0n) is 13.6. The summed E-state index contributed by atoms with van der Waals surface area (Å²) in [5.41, 5.74) is 0.820. The Morgan fingerprint density at radius 3 is 2.76 bits per heavy atom. The second-order valence-corrected chi connectivity index (χ2v) is 6.65. The SMILES string of the molecule is COc1cccc(NC(=O)[C@@H]2C[C@H](C)CC[C@H]2C(C)C)c1. The zero-order chi connectivity index (χ0) is 15.4. The van der Waals surface area contributed by atoms with E-state index >= 15 is 0 Å². The normalized spacial score (nSPS) is 25.7. The topological polar surface area (TPSA) is 38.3 Å². The lowest BCUT2D eigenvalue weighted by atomic mass is 9.70. The second kappa shape index (κ2) is 6.97. The fraction of sp³-hybridized carbons (Fsp3) is 0.611. The number of amides is 1. The molecule has 0 heterocycles. The van der Waals surface area contributed by atoms with Gasteiger partial charge < -0.3 is 10.1 Å². The maximum absolute atomic E-state index is 12.7. The van der Waals surface area contributed by atoms with Crippen molar-refractivity contribution in [3.8, 4) is 5.75 Å². The number of carbonyl (C=O) groups is 1. The molecule has 0 aliphatic heterocycles. The molecular formula is C18H27NO2. The van der Waals surface area contributed by atoms with Crippen molar-refractivity contribution in [3.63, 3.8) is 0 Å². The van der Waals surface area contributed by atoms with Gasteiger partial charge in [0.15, 0.2) is 0 Å². The Bertz CT molecular complexity index is 484. The molecule has 0 radical (unpaired) electrons. The van der Waals surface area contributed by atoms with Crippen LogP contribution in [0.25, 0.3) is 0 Å². The summed E-state index contributed by atoms with van der Waals surface area (Å²) in [7, 11) is 1.64. The predicted molar refractivity (Wildman–Crippen MR) is 86.5 cm³/mol. The third-order valence-corrected chi connectivity index (χ3v) is 4.70. The van der Waals surface area contributed by atoms with Gasteiger partial charge in [-0.2, -0.15) is 0 Å². The molecule has 1 aromatic rings. The lowest BCUT2D eigenvalue weighted by molar-refractivity contribution is -0.123. The molecule has 21 heavy (non-hydrogen) atoms. The average Bonchev–Trinajstić information content (AvgIpc) is 2.47. The number of hydrogen-bond donors (Lipinski definition) is 1. The number of nitrogens with one attached hydrogen (secondary N) is 1. The van der Waals surface area contributed by atoms with Crippen LogP contribution in [0.4, 0.5) is 5.69 Å². The number of hydrogen-bond acceptors (Lipinski definition) is 2. The third kappa shape index (κ3) is 3.99. The molecule has 2 rings (SSSR count). The van der Waals surface area contributed by atoms with E-state index in [2.05, 4.69) is 26.1 Å². The van der Waals surface area contributed by atoms with Crippen molar-refractivity contribution >= 4 is 11.6 Å². The molecule has 0 unspecified atom stereocenters. The molecule has 1 saturated carbocycles. The molecule has 1 aliphatic rings. The molecule has 0 aromatic heterocycles. The average molecular weight is 289 g/mol. The van der Waals surface area contributed by atoms with Gasteiger partial charge in [-0.1, -0.05) is 33.3 Å². The summed E-state index contributed by atoms with van der Waals surface area (Å²) in [5, 5.41) is 3.07. The summed E-state index contributed by atoms with van der Waals surface area (Å²) < 4.78 is 5.21. The first kappa shape index (κ1) is 15.9. The predicted octanol–water partition coefficient (Wildman–Crippen LogP) is 4.34. The highest BCUT2D eigenvalue weighted by Crippen LogP contribution is 2.38. The first-order valence-electron chi connectivity index (χ1n) is 7.96. The summed E-state index contributed by atoms with van der Waals surface area (Å²) in [6, 6.07) is 7.57. The van der Waals surface area contributed by atoms with E-state index in [-0.39, 0.29) is 11.8 Å². The number of benzene rings is 1. The van der Waals surface area contributed by atoms with E-state index in [0.29, 0.717) is 17.8 Å². The van der Waals surface area contributed by atoms with Crippen LogP contribution in [0.5, 0.6) is 5.75 Å². The highest BCUT2D eigenvalue weighted by Gasteiger charge is 2.35. The van der Waals surface area contributed by atoms with E-state index in [1.165, 1.54) is 6.42 Å². The Hall–Kier alpha value is -1.51. The first-order valence-corrected chi connectivity index (χ1v) is 7.96. The van der Waals surface area contributed by atoms with Gasteiger partial charge in [-0.25, -0.2) is 0 Å². The highest BCUT2D eigenvalue weighted by molar-refractivity contribution is 5.93. The van der Waals surface area contributed by atoms with Crippen molar-refractivity contribution in [2.24, 2.45) is 23.7 Å². The minimum absolute atomic E-state index is 0.125. The summed E-state index contributed by atoms with van der Waals surface area (Å²) in [6.45, 7) is 6.71. The minimum Gasteiger partial charge on any atom is -0.497 e. The highest BCUT2D eigenvalue weighted by atomic mass is 16.5. The molecule has 116 valence electrons. The van der Waals surface area contributed by atoms with E-state index in [0.717, 1.165) is 24.3 Å². The van der Waals surface area contributed by atoms with Crippen LogP contribution in [0.3, 0.4) is 0 Å². The number of anilines is 1. The summed E-state index contributed by atoms with van der Waals surface area (Å²) in [4.78, 5) is 12.7. The van der Waals surface area contributed by atoms with E-state index in [4.69, 9.17) is 4.74 Å². The Balaban J connectivity index is 2.09. The number of carbonyl (C=O) groups excluding carboxylic acids is 1. The van der Waals surface area contributed by atoms with Crippen molar-refractivity contribution in [1.82, 2.24) is 0 Å². The molecule has 0 saturated heterocycles. The van der Waals surface area contributed by atoms with Crippen LogP contribution in [0.2, 0.25) is 0 Å².